The van der Waals surface area contributed by atoms with Gasteiger partial charge in [0.25, 0.3) is 0 Å². The highest BCUT2D eigenvalue weighted by molar-refractivity contribution is 6.42. The van der Waals surface area contributed by atoms with Crippen molar-refractivity contribution in [3.05, 3.63) is 112 Å². The van der Waals surface area contributed by atoms with E-state index in [0.717, 1.165) is 27.5 Å². The molecule has 0 aliphatic carbocycles. The molecule has 2 heterocycles. The molecule has 6 rings (SSSR count). The molecule has 2 fully saturated rings. The molecule has 11 heteroatoms. The first kappa shape index (κ1) is 32.6. The Morgan fingerprint density at radius 1 is 0.957 bits per heavy atom. The van der Waals surface area contributed by atoms with Gasteiger partial charge in [-0.05, 0) is 65.6 Å². The van der Waals surface area contributed by atoms with E-state index in [0.29, 0.717) is 28.8 Å². The van der Waals surface area contributed by atoms with Crippen LogP contribution < -0.4 is 10.1 Å². The van der Waals surface area contributed by atoms with E-state index < -0.39 is 12.2 Å². The maximum Gasteiger partial charge on any atom is 0.332 e. The molecule has 0 aromatic heterocycles. The number of carbonyl (C=O) groups excluding carboxylic acids is 3. The number of hydrazine groups is 1. The fourth-order valence-corrected chi connectivity index (χ4v) is 6.86. The highest BCUT2D eigenvalue weighted by atomic mass is 35.5. The number of hydrogen-bond acceptors (Lipinski definition) is 5. The van der Waals surface area contributed by atoms with Crippen molar-refractivity contribution < 1.29 is 19.1 Å². The molecular weight excluding hydrogens is 637 g/mol. The highest BCUT2D eigenvalue weighted by Gasteiger charge is 2.52. The first-order valence-electron chi connectivity index (χ1n) is 15.6. The third-order valence-corrected chi connectivity index (χ3v) is 9.54. The minimum absolute atomic E-state index is 0.0302. The summed E-state index contributed by atoms with van der Waals surface area (Å²) in [6.07, 6.45) is -0.215. The predicted octanol–water partition coefficient (Wildman–Crippen LogP) is 6.11. The Bertz CT molecular complexity index is 1790. The quantitative estimate of drug-likeness (QED) is 0.232. The van der Waals surface area contributed by atoms with Crippen molar-refractivity contribution in [3.8, 4) is 5.75 Å². The molecular formula is C36H37Cl2N5O4. The summed E-state index contributed by atoms with van der Waals surface area (Å²) in [6, 6.07) is 25.6. The SMILES string of the molecule is COc1ccc(C[C@H]2C(=O)N(Cc3cccc4ccccc34)C[C@H]3N2C(=O)CN3N(C(=O)NCc2ccc(Cl)c(Cl)c2)C(C)C)cc1. The zero-order valence-electron chi connectivity index (χ0n) is 26.5. The summed E-state index contributed by atoms with van der Waals surface area (Å²) in [5.74, 6) is 0.386. The fraction of sp³-hybridized carbons (Fsp3) is 0.306. The van der Waals surface area contributed by atoms with Gasteiger partial charge in [0.1, 0.15) is 18.0 Å². The van der Waals surface area contributed by atoms with Gasteiger partial charge in [-0.3, -0.25) is 14.6 Å². The van der Waals surface area contributed by atoms with Crippen molar-refractivity contribution in [1.82, 2.24) is 25.1 Å². The number of urea groups is 1. The van der Waals surface area contributed by atoms with Gasteiger partial charge in [-0.1, -0.05) is 83.9 Å². The van der Waals surface area contributed by atoms with Crippen LogP contribution in [0.25, 0.3) is 10.8 Å². The smallest absolute Gasteiger partial charge is 0.332 e. The first-order valence-corrected chi connectivity index (χ1v) is 16.4. The lowest BCUT2D eigenvalue weighted by molar-refractivity contribution is -0.158. The molecule has 4 amide bonds. The van der Waals surface area contributed by atoms with Gasteiger partial charge in [0.2, 0.25) is 11.8 Å². The maximum atomic E-state index is 14.3. The summed E-state index contributed by atoms with van der Waals surface area (Å²) in [5, 5.41) is 9.38. The summed E-state index contributed by atoms with van der Waals surface area (Å²) in [7, 11) is 1.61. The molecule has 0 unspecified atom stereocenters. The van der Waals surface area contributed by atoms with Crippen LogP contribution in [0.15, 0.2) is 84.9 Å². The van der Waals surface area contributed by atoms with Gasteiger partial charge in [-0.25, -0.2) is 4.79 Å². The zero-order chi connectivity index (χ0) is 33.2. The summed E-state index contributed by atoms with van der Waals surface area (Å²) in [5.41, 5.74) is 2.71. The van der Waals surface area contributed by atoms with E-state index in [2.05, 4.69) is 23.5 Å². The fourth-order valence-electron chi connectivity index (χ4n) is 6.54. The lowest BCUT2D eigenvalue weighted by Gasteiger charge is -2.47. The predicted molar refractivity (Wildman–Crippen MR) is 183 cm³/mol. The molecule has 0 saturated carbocycles. The second-order valence-electron chi connectivity index (χ2n) is 12.1. The molecule has 2 saturated heterocycles. The monoisotopic (exact) mass is 673 g/mol. The van der Waals surface area contributed by atoms with Crippen molar-refractivity contribution in [2.24, 2.45) is 0 Å². The van der Waals surface area contributed by atoms with Crippen LogP contribution >= 0.6 is 23.2 Å². The number of nitrogens with zero attached hydrogens (tertiary/aromatic N) is 4. The number of ether oxygens (including phenoxy) is 1. The van der Waals surface area contributed by atoms with Gasteiger partial charge in [0.15, 0.2) is 0 Å². The summed E-state index contributed by atoms with van der Waals surface area (Å²) < 4.78 is 5.33. The standard InChI is InChI=1S/C36H37Cl2N5O4/c1-23(2)43(36(46)39-19-25-13-16-30(37)31(38)17-25)41-22-34(44)42-32(18-24-11-14-28(47-3)15-12-24)35(45)40(21-33(41)42)20-27-9-6-8-26-7-4-5-10-29(26)27/h4-17,23,32-33H,18-22H2,1-3H3,(H,39,46)/t32-,33+/m0/s1. The van der Waals surface area contributed by atoms with Crippen molar-refractivity contribution in [2.45, 2.75) is 51.6 Å². The molecule has 47 heavy (non-hydrogen) atoms. The average Bonchev–Trinajstić information content (AvgIpc) is 3.38. The number of hydrogen-bond donors (Lipinski definition) is 1. The number of benzene rings is 4. The molecule has 0 radical (unpaired) electrons. The molecule has 2 aliphatic rings. The molecule has 9 nitrogen and oxygen atoms in total. The number of nitrogens with one attached hydrogen (secondary N) is 1. The minimum Gasteiger partial charge on any atom is -0.497 e. The lowest BCUT2D eigenvalue weighted by Crippen LogP contribution is -2.66. The molecule has 1 N–H and O–H groups in total. The van der Waals surface area contributed by atoms with Crippen LogP contribution in [0.2, 0.25) is 10.0 Å². The van der Waals surface area contributed by atoms with Gasteiger partial charge in [-0.15, -0.1) is 0 Å². The third kappa shape index (κ3) is 6.74. The van der Waals surface area contributed by atoms with E-state index in [1.54, 1.807) is 40.2 Å². The number of piperazine rings is 1. The molecule has 4 aromatic carbocycles. The number of fused-ring (bicyclic) bond motifs is 2. The lowest BCUT2D eigenvalue weighted by atomic mass is 9.99. The topological polar surface area (TPSA) is 85.4 Å². The van der Waals surface area contributed by atoms with Crippen molar-refractivity contribution in [1.29, 1.82) is 0 Å². The maximum absolute atomic E-state index is 14.3. The van der Waals surface area contributed by atoms with Crippen LogP contribution in [-0.4, -0.2) is 76.1 Å². The van der Waals surface area contributed by atoms with Crippen LogP contribution in [0.1, 0.15) is 30.5 Å². The van der Waals surface area contributed by atoms with Crippen LogP contribution in [0, 0.1) is 0 Å². The van der Waals surface area contributed by atoms with Gasteiger partial charge in [0, 0.05) is 25.6 Å². The van der Waals surface area contributed by atoms with Crippen molar-refractivity contribution >= 4 is 51.8 Å². The van der Waals surface area contributed by atoms with Crippen LogP contribution in [0.3, 0.4) is 0 Å². The van der Waals surface area contributed by atoms with E-state index in [1.165, 1.54) is 0 Å². The average molecular weight is 675 g/mol. The Kier molecular flexibility index (Phi) is 9.59. The van der Waals surface area contributed by atoms with E-state index in [4.69, 9.17) is 27.9 Å². The Morgan fingerprint density at radius 3 is 2.40 bits per heavy atom. The van der Waals surface area contributed by atoms with Crippen LogP contribution in [-0.2, 0) is 29.1 Å². The second kappa shape index (κ2) is 13.8. The minimum atomic E-state index is -0.747. The van der Waals surface area contributed by atoms with E-state index in [1.807, 2.05) is 67.3 Å². The Hall–Kier alpha value is -4.31. The zero-order valence-corrected chi connectivity index (χ0v) is 28.0. The van der Waals surface area contributed by atoms with Crippen molar-refractivity contribution in [3.63, 3.8) is 0 Å². The molecule has 244 valence electrons. The number of halogens is 2. The van der Waals surface area contributed by atoms with E-state index >= 15 is 0 Å². The van der Waals surface area contributed by atoms with Gasteiger partial charge >= 0.3 is 6.03 Å². The number of rotatable bonds is 9. The molecule has 2 atom stereocenters. The van der Waals surface area contributed by atoms with E-state index in [-0.39, 0.29) is 43.5 Å². The Labute approximate surface area is 284 Å². The normalized spacial score (nSPS) is 18.2. The Morgan fingerprint density at radius 2 is 1.68 bits per heavy atom. The van der Waals surface area contributed by atoms with Gasteiger partial charge in [-0.2, -0.15) is 5.01 Å². The first-order chi connectivity index (χ1) is 22.6. The largest absolute Gasteiger partial charge is 0.497 e. The third-order valence-electron chi connectivity index (χ3n) is 8.80. The van der Waals surface area contributed by atoms with Crippen LogP contribution in [0.4, 0.5) is 4.79 Å². The van der Waals surface area contributed by atoms with Gasteiger partial charge in [0.05, 0.1) is 30.2 Å². The second-order valence-corrected chi connectivity index (χ2v) is 13.0. The molecule has 4 aromatic rings. The Balaban J connectivity index is 1.31. The van der Waals surface area contributed by atoms with Crippen LogP contribution in [0.5, 0.6) is 5.75 Å². The summed E-state index contributed by atoms with van der Waals surface area (Å²) in [6.45, 7) is 4.62. The molecule has 0 spiro atoms. The summed E-state index contributed by atoms with van der Waals surface area (Å²) in [4.78, 5) is 45.4. The molecule has 2 aliphatic heterocycles. The number of carbonyl (C=O) groups is 3. The molecule has 0 bridgehead atoms. The summed E-state index contributed by atoms with van der Waals surface area (Å²) >= 11 is 12.3. The number of amides is 4. The van der Waals surface area contributed by atoms with E-state index in [9.17, 15) is 14.4 Å². The van der Waals surface area contributed by atoms with Crippen molar-refractivity contribution in [2.75, 3.05) is 20.2 Å². The van der Waals surface area contributed by atoms with Gasteiger partial charge < -0.3 is 19.9 Å². The highest BCUT2D eigenvalue weighted by Crippen LogP contribution is 2.32. The number of methoxy groups -OCH3 is 1.